The molecule has 100 valence electrons. The monoisotopic (exact) mass is 272 g/mol. The van der Waals surface area contributed by atoms with Gasteiger partial charge in [0.05, 0.1) is 12.7 Å². The fourth-order valence-corrected chi connectivity index (χ4v) is 1.28. The Morgan fingerprint density at radius 1 is 1.37 bits per heavy atom. The summed E-state index contributed by atoms with van der Waals surface area (Å²) < 4.78 is 42.9. The smallest absolute Gasteiger partial charge is 0.416 e. The van der Waals surface area contributed by atoms with Crippen molar-refractivity contribution in [2.24, 2.45) is 0 Å². The summed E-state index contributed by atoms with van der Waals surface area (Å²) >= 11 is 0. The van der Waals surface area contributed by atoms with Gasteiger partial charge in [0.25, 0.3) is 5.82 Å². The van der Waals surface area contributed by atoms with E-state index in [2.05, 4.69) is 19.8 Å². The van der Waals surface area contributed by atoms with Crippen LogP contribution in [0.2, 0.25) is 0 Å². The van der Waals surface area contributed by atoms with Crippen molar-refractivity contribution in [3.63, 3.8) is 0 Å². The second-order valence-corrected chi connectivity index (χ2v) is 3.40. The molecule has 0 saturated carbocycles. The Bertz CT molecular complexity index is 609. The van der Waals surface area contributed by atoms with E-state index >= 15 is 0 Å². The van der Waals surface area contributed by atoms with Crippen molar-refractivity contribution < 1.29 is 22.7 Å². The minimum Gasteiger partial charge on any atom is -0.463 e. The quantitative estimate of drug-likeness (QED) is 0.774. The lowest BCUT2D eigenvalue weighted by molar-refractivity contribution is -0.137. The molecule has 6 nitrogen and oxygen atoms in total. The minimum atomic E-state index is -4.48. The molecule has 0 unspecified atom stereocenters. The van der Waals surface area contributed by atoms with Crippen molar-refractivity contribution in [3.8, 4) is 5.82 Å². The number of alkyl halides is 3. The zero-order chi connectivity index (χ0) is 14.0. The first kappa shape index (κ1) is 13.0. The molecule has 0 saturated heterocycles. The first-order valence-corrected chi connectivity index (χ1v) is 4.95. The van der Waals surface area contributed by atoms with Crippen LogP contribution in [0.25, 0.3) is 5.82 Å². The van der Waals surface area contributed by atoms with Crippen molar-refractivity contribution in [2.75, 3.05) is 7.11 Å². The van der Waals surface area contributed by atoms with E-state index < -0.39 is 17.7 Å². The number of halogens is 3. The van der Waals surface area contributed by atoms with Crippen LogP contribution in [0, 0.1) is 0 Å². The van der Waals surface area contributed by atoms with Crippen LogP contribution in [0.3, 0.4) is 0 Å². The summed E-state index contributed by atoms with van der Waals surface area (Å²) in [5.41, 5.74) is -0.868. The second-order valence-electron chi connectivity index (χ2n) is 3.40. The standard InChI is InChI=1S/C10H7F3N4O2/c1-19-9(18)8-15-5-17(16-8)7-4-6(2-3-14-7)10(11,12)13/h2-5H,1H3. The van der Waals surface area contributed by atoms with Crippen LogP contribution in [-0.2, 0) is 10.9 Å². The van der Waals surface area contributed by atoms with Gasteiger partial charge in [-0.25, -0.2) is 19.4 Å². The number of ether oxygens (including phenoxy) is 1. The Labute approximate surface area is 104 Å². The summed E-state index contributed by atoms with van der Waals surface area (Å²) in [6.45, 7) is 0. The lowest BCUT2D eigenvalue weighted by atomic mass is 10.2. The number of rotatable bonds is 2. The molecule has 0 N–H and O–H groups in total. The molecule has 19 heavy (non-hydrogen) atoms. The van der Waals surface area contributed by atoms with Crippen LogP contribution < -0.4 is 0 Å². The van der Waals surface area contributed by atoms with Gasteiger partial charge in [-0.15, -0.1) is 5.10 Å². The number of hydrogen-bond acceptors (Lipinski definition) is 5. The topological polar surface area (TPSA) is 69.9 Å². The second kappa shape index (κ2) is 4.67. The van der Waals surface area contributed by atoms with Crippen LogP contribution in [-0.4, -0.2) is 32.8 Å². The molecule has 2 rings (SSSR count). The SMILES string of the molecule is COC(=O)c1ncn(-c2cc(C(F)(F)F)ccn2)n1. The maximum Gasteiger partial charge on any atom is 0.416 e. The zero-order valence-electron chi connectivity index (χ0n) is 9.55. The van der Waals surface area contributed by atoms with Crippen LogP contribution in [0.5, 0.6) is 0 Å². The number of pyridine rings is 1. The fourth-order valence-electron chi connectivity index (χ4n) is 1.28. The molecule has 0 spiro atoms. The minimum absolute atomic E-state index is 0.0996. The van der Waals surface area contributed by atoms with Gasteiger partial charge < -0.3 is 4.74 Å². The average molecular weight is 272 g/mol. The van der Waals surface area contributed by atoms with Gasteiger partial charge >= 0.3 is 12.1 Å². The average Bonchev–Trinajstić information content (AvgIpc) is 2.86. The van der Waals surface area contributed by atoms with E-state index in [9.17, 15) is 18.0 Å². The molecule has 0 bridgehead atoms. The predicted molar refractivity (Wildman–Crippen MR) is 55.5 cm³/mol. The number of carbonyl (C=O) groups excluding carboxylic acids is 1. The summed E-state index contributed by atoms with van der Waals surface area (Å²) in [7, 11) is 1.14. The van der Waals surface area contributed by atoms with Gasteiger partial charge in [-0.1, -0.05) is 0 Å². The molecule has 2 heterocycles. The Kier molecular flexibility index (Phi) is 3.19. The highest BCUT2D eigenvalue weighted by Crippen LogP contribution is 2.29. The lowest BCUT2D eigenvalue weighted by Crippen LogP contribution is -2.08. The number of carbonyl (C=O) groups is 1. The summed E-state index contributed by atoms with van der Waals surface area (Å²) in [6.07, 6.45) is -2.41. The highest BCUT2D eigenvalue weighted by Gasteiger charge is 2.31. The van der Waals surface area contributed by atoms with Crippen LogP contribution >= 0.6 is 0 Å². The summed E-state index contributed by atoms with van der Waals surface area (Å²) in [6, 6.07) is 1.64. The summed E-state index contributed by atoms with van der Waals surface area (Å²) in [5, 5.41) is 3.68. The maximum atomic E-state index is 12.5. The summed E-state index contributed by atoms with van der Waals surface area (Å²) in [4.78, 5) is 18.5. The number of methoxy groups -OCH3 is 1. The molecule has 0 atom stereocenters. The normalized spacial score (nSPS) is 11.4. The third-order valence-corrected chi connectivity index (χ3v) is 2.17. The predicted octanol–water partition coefficient (Wildman–Crippen LogP) is 1.47. The van der Waals surface area contributed by atoms with Gasteiger partial charge in [-0.2, -0.15) is 13.2 Å². The molecule has 0 aliphatic rings. The fraction of sp³-hybridized carbons (Fsp3) is 0.200. The Morgan fingerprint density at radius 3 is 2.74 bits per heavy atom. The molecular weight excluding hydrogens is 265 g/mol. The zero-order valence-corrected chi connectivity index (χ0v) is 9.55. The van der Waals surface area contributed by atoms with E-state index in [0.717, 1.165) is 36.4 Å². The molecule has 0 aliphatic heterocycles. The van der Waals surface area contributed by atoms with E-state index in [1.54, 1.807) is 0 Å². The molecule has 0 amide bonds. The van der Waals surface area contributed by atoms with Gasteiger partial charge in [-0.05, 0) is 12.1 Å². The third-order valence-electron chi connectivity index (χ3n) is 2.17. The number of nitrogens with zero attached hydrogens (tertiary/aromatic N) is 4. The van der Waals surface area contributed by atoms with E-state index in [1.807, 2.05) is 0 Å². The molecule has 0 aromatic carbocycles. The maximum absolute atomic E-state index is 12.5. The van der Waals surface area contributed by atoms with Crippen LogP contribution in [0.15, 0.2) is 24.7 Å². The van der Waals surface area contributed by atoms with Crippen molar-refractivity contribution in [2.45, 2.75) is 6.18 Å². The van der Waals surface area contributed by atoms with Crippen molar-refractivity contribution in [3.05, 3.63) is 36.0 Å². The van der Waals surface area contributed by atoms with Gasteiger partial charge in [0.2, 0.25) is 0 Å². The number of esters is 1. The van der Waals surface area contributed by atoms with Crippen LogP contribution in [0.1, 0.15) is 16.2 Å². The van der Waals surface area contributed by atoms with Gasteiger partial charge in [0.1, 0.15) is 6.33 Å². The van der Waals surface area contributed by atoms with Crippen LogP contribution in [0.4, 0.5) is 13.2 Å². The van der Waals surface area contributed by atoms with E-state index in [0.29, 0.717) is 0 Å². The molecule has 2 aromatic heterocycles. The Morgan fingerprint density at radius 2 is 2.11 bits per heavy atom. The van der Waals surface area contributed by atoms with E-state index in [1.165, 1.54) is 0 Å². The van der Waals surface area contributed by atoms with Gasteiger partial charge in [-0.3, -0.25) is 0 Å². The summed E-state index contributed by atoms with van der Waals surface area (Å²) in [5.74, 6) is -1.15. The first-order valence-electron chi connectivity index (χ1n) is 4.95. The molecule has 0 fully saturated rings. The van der Waals surface area contributed by atoms with Crippen molar-refractivity contribution >= 4 is 5.97 Å². The number of aromatic nitrogens is 4. The molecule has 0 aliphatic carbocycles. The highest BCUT2D eigenvalue weighted by atomic mass is 19.4. The molecular formula is C10H7F3N4O2. The highest BCUT2D eigenvalue weighted by molar-refractivity contribution is 5.84. The largest absolute Gasteiger partial charge is 0.463 e. The first-order chi connectivity index (χ1) is 8.91. The Hall–Kier alpha value is -2.45. The van der Waals surface area contributed by atoms with Crippen molar-refractivity contribution in [1.82, 2.24) is 19.7 Å². The van der Waals surface area contributed by atoms with Gasteiger partial charge in [0, 0.05) is 6.20 Å². The number of hydrogen-bond donors (Lipinski definition) is 0. The van der Waals surface area contributed by atoms with E-state index in [4.69, 9.17) is 0 Å². The molecule has 9 heteroatoms. The third kappa shape index (κ3) is 2.69. The lowest BCUT2D eigenvalue weighted by Gasteiger charge is -2.07. The molecule has 0 radical (unpaired) electrons. The van der Waals surface area contributed by atoms with Crippen molar-refractivity contribution in [1.29, 1.82) is 0 Å². The Balaban J connectivity index is 2.37. The molecule has 2 aromatic rings. The van der Waals surface area contributed by atoms with E-state index in [-0.39, 0.29) is 11.6 Å². The van der Waals surface area contributed by atoms with Gasteiger partial charge in [0.15, 0.2) is 5.82 Å².